The molecule has 0 saturated carbocycles. The van der Waals surface area contributed by atoms with Gasteiger partial charge >= 0.3 is 0 Å². The zero-order chi connectivity index (χ0) is 11.5. The van der Waals surface area contributed by atoms with Crippen molar-refractivity contribution in [2.75, 3.05) is 12.8 Å². The fraction of sp³-hybridized carbons (Fsp3) is 0.100. The van der Waals surface area contributed by atoms with Gasteiger partial charge in [0.1, 0.15) is 17.2 Å². The SMILES string of the molecule is COc1cc(-c2ncnc(N)c2Cl)ccn1. The average molecular weight is 237 g/mol. The number of hydrogen-bond acceptors (Lipinski definition) is 5. The van der Waals surface area contributed by atoms with E-state index in [-0.39, 0.29) is 5.82 Å². The molecule has 2 rings (SSSR count). The van der Waals surface area contributed by atoms with Gasteiger partial charge in [0, 0.05) is 17.8 Å². The van der Waals surface area contributed by atoms with Crippen molar-refractivity contribution < 1.29 is 4.74 Å². The second kappa shape index (κ2) is 4.32. The van der Waals surface area contributed by atoms with E-state index in [0.717, 1.165) is 5.56 Å². The van der Waals surface area contributed by atoms with E-state index in [1.807, 2.05) is 0 Å². The van der Waals surface area contributed by atoms with Crippen molar-refractivity contribution in [1.82, 2.24) is 15.0 Å². The van der Waals surface area contributed by atoms with Gasteiger partial charge in [0.15, 0.2) is 0 Å². The average Bonchev–Trinajstić information content (AvgIpc) is 2.33. The van der Waals surface area contributed by atoms with Crippen LogP contribution in [0.5, 0.6) is 5.88 Å². The van der Waals surface area contributed by atoms with E-state index in [1.54, 1.807) is 25.4 Å². The number of nitrogen functional groups attached to an aromatic ring is 1. The zero-order valence-corrected chi connectivity index (χ0v) is 9.27. The smallest absolute Gasteiger partial charge is 0.213 e. The number of ether oxygens (including phenoxy) is 1. The molecule has 0 bridgehead atoms. The van der Waals surface area contributed by atoms with Crippen LogP contribution in [0.3, 0.4) is 0 Å². The third-order valence-corrected chi connectivity index (χ3v) is 2.41. The minimum atomic E-state index is 0.252. The maximum absolute atomic E-state index is 6.01. The molecule has 6 heteroatoms. The molecule has 0 aromatic carbocycles. The van der Waals surface area contributed by atoms with E-state index in [0.29, 0.717) is 16.6 Å². The van der Waals surface area contributed by atoms with Crippen LogP contribution in [0.15, 0.2) is 24.7 Å². The van der Waals surface area contributed by atoms with Crippen molar-refractivity contribution in [3.63, 3.8) is 0 Å². The second-order valence-corrected chi connectivity index (χ2v) is 3.39. The van der Waals surface area contributed by atoms with Crippen LogP contribution in [0.2, 0.25) is 5.02 Å². The molecular formula is C10H9ClN4O. The number of hydrogen-bond donors (Lipinski definition) is 1. The minimum Gasteiger partial charge on any atom is -0.481 e. The Morgan fingerprint density at radius 1 is 1.31 bits per heavy atom. The van der Waals surface area contributed by atoms with E-state index in [2.05, 4.69) is 15.0 Å². The van der Waals surface area contributed by atoms with Gasteiger partial charge in [0.05, 0.1) is 12.8 Å². The van der Waals surface area contributed by atoms with Crippen LogP contribution in [-0.4, -0.2) is 22.1 Å². The van der Waals surface area contributed by atoms with Crippen molar-refractivity contribution in [3.8, 4) is 17.1 Å². The number of pyridine rings is 1. The molecular weight excluding hydrogens is 228 g/mol. The number of rotatable bonds is 2. The summed E-state index contributed by atoms with van der Waals surface area (Å²) in [6.07, 6.45) is 2.98. The molecule has 0 aliphatic rings. The highest BCUT2D eigenvalue weighted by molar-refractivity contribution is 6.35. The third-order valence-electron chi connectivity index (χ3n) is 2.03. The molecule has 0 amide bonds. The Kier molecular flexibility index (Phi) is 2.87. The molecule has 0 aliphatic heterocycles. The molecule has 0 atom stereocenters. The standard InChI is InChI=1S/C10H9ClN4O/c1-16-7-4-6(2-3-13-7)9-8(11)10(12)15-5-14-9/h2-5H,1H3,(H2,12,14,15). The van der Waals surface area contributed by atoms with E-state index >= 15 is 0 Å². The molecule has 82 valence electrons. The molecule has 0 saturated heterocycles. The number of anilines is 1. The van der Waals surface area contributed by atoms with E-state index in [9.17, 15) is 0 Å². The summed E-state index contributed by atoms with van der Waals surface area (Å²) >= 11 is 6.01. The van der Waals surface area contributed by atoms with Crippen molar-refractivity contribution in [2.24, 2.45) is 0 Å². The second-order valence-electron chi connectivity index (χ2n) is 3.01. The summed E-state index contributed by atoms with van der Waals surface area (Å²) in [4.78, 5) is 11.9. The Morgan fingerprint density at radius 2 is 2.12 bits per heavy atom. The summed E-state index contributed by atoms with van der Waals surface area (Å²) < 4.78 is 5.02. The maximum Gasteiger partial charge on any atom is 0.213 e. The molecule has 0 radical (unpaired) electrons. The van der Waals surface area contributed by atoms with Gasteiger partial charge in [0.25, 0.3) is 0 Å². The van der Waals surface area contributed by atoms with Crippen LogP contribution in [0, 0.1) is 0 Å². The highest BCUT2D eigenvalue weighted by Gasteiger charge is 2.09. The van der Waals surface area contributed by atoms with Crippen molar-refractivity contribution in [3.05, 3.63) is 29.7 Å². The lowest BCUT2D eigenvalue weighted by Crippen LogP contribution is -1.96. The fourth-order valence-corrected chi connectivity index (χ4v) is 1.46. The Balaban J connectivity index is 2.54. The predicted molar refractivity (Wildman–Crippen MR) is 61.2 cm³/mol. The van der Waals surface area contributed by atoms with Gasteiger partial charge in [0.2, 0.25) is 5.88 Å². The van der Waals surface area contributed by atoms with Crippen LogP contribution in [0.25, 0.3) is 11.3 Å². The van der Waals surface area contributed by atoms with Gasteiger partial charge < -0.3 is 10.5 Å². The zero-order valence-electron chi connectivity index (χ0n) is 8.51. The summed E-state index contributed by atoms with van der Waals surface area (Å²) in [7, 11) is 1.54. The Labute approximate surface area is 97.3 Å². The van der Waals surface area contributed by atoms with Crippen LogP contribution in [-0.2, 0) is 0 Å². The molecule has 0 spiro atoms. The number of halogens is 1. The summed E-state index contributed by atoms with van der Waals surface area (Å²) in [5.41, 5.74) is 6.95. The predicted octanol–water partition coefficient (Wildman–Crippen LogP) is 1.78. The van der Waals surface area contributed by atoms with Gasteiger partial charge in [-0.05, 0) is 6.07 Å². The van der Waals surface area contributed by atoms with Crippen molar-refractivity contribution in [2.45, 2.75) is 0 Å². The normalized spacial score (nSPS) is 10.1. The van der Waals surface area contributed by atoms with Gasteiger partial charge in [-0.25, -0.2) is 15.0 Å². The number of nitrogens with zero attached hydrogens (tertiary/aromatic N) is 3. The largest absolute Gasteiger partial charge is 0.481 e. The maximum atomic E-state index is 6.01. The Hall–Kier alpha value is -1.88. The summed E-state index contributed by atoms with van der Waals surface area (Å²) in [6.45, 7) is 0. The molecule has 16 heavy (non-hydrogen) atoms. The molecule has 2 heterocycles. The lowest BCUT2D eigenvalue weighted by molar-refractivity contribution is 0.398. The molecule has 0 aliphatic carbocycles. The number of nitrogens with two attached hydrogens (primary N) is 1. The first-order valence-electron chi connectivity index (χ1n) is 4.48. The van der Waals surface area contributed by atoms with Crippen molar-refractivity contribution >= 4 is 17.4 Å². The fourth-order valence-electron chi connectivity index (χ4n) is 1.25. The number of aromatic nitrogens is 3. The van der Waals surface area contributed by atoms with E-state index < -0.39 is 0 Å². The van der Waals surface area contributed by atoms with Crippen LogP contribution >= 0.6 is 11.6 Å². The molecule has 0 unspecified atom stereocenters. The molecule has 0 fully saturated rings. The van der Waals surface area contributed by atoms with Gasteiger partial charge in [-0.15, -0.1) is 0 Å². The molecule has 2 aromatic rings. The van der Waals surface area contributed by atoms with Crippen LogP contribution in [0.1, 0.15) is 0 Å². The monoisotopic (exact) mass is 236 g/mol. The van der Waals surface area contributed by atoms with Gasteiger partial charge in [-0.2, -0.15) is 0 Å². The van der Waals surface area contributed by atoms with E-state index in [1.165, 1.54) is 6.33 Å². The summed E-state index contributed by atoms with van der Waals surface area (Å²) in [6, 6.07) is 3.50. The van der Waals surface area contributed by atoms with Gasteiger partial charge in [-0.1, -0.05) is 11.6 Å². The first-order valence-corrected chi connectivity index (χ1v) is 4.86. The molecule has 2 N–H and O–H groups in total. The first-order chi connectivity index (χ1) is 7.72. The van der Waals surface area contributed by atoms with E-state index in [4.69, 9.17) is 22.1 Å². The van der Waals surface area contributed by atoms with Crippen molar-refractivity contribution in [1.29, 1.82) is 0 Å². The summed E-state index contributed by atoms with van der Waals surface area (Å²) in [5.74, 6) is 0.744. The minimum absolute atomic E-state index is 0.252. The Bertz CT molecular complexity index is 518. The van der Waals surface area contributed by atoms with Gasteiger partial charge in [-0.3, -0.25) is 0 Å². The molecule has 5 nitrogen and oxygen atoms in total. The molecule has 2 aromatic heterocycles. The Morgan fingerprint density at radius 3 is 2.88 bits per heavy atom. The van der Waals surface area contributed by atoms with Crippen LogP contribution in [0.4, 0.5) is 5.82 Å². The quantitative estimate of drug-likeness (QED) is 0.860. The van der Waals surface area contributed by atoms with Crippen LogP contribution < -0.4 is 10.5 Å². The highest BCUT2D eigenvalue weighted by Crippen LogP contribution is 2.29. The topological polar surface area (TPSA) is 73.9 Å². The number of methoxy groups -OCH3 is 1. The summed E-state index contributed by atoms with van der Waals surface area (Å²) in [5, 5.41) is 0.329. The highest BCUT2D eigenvalue weighted by atomic mass is 35.5. The first kappa shape index (κ1) is 10.6. The third kappa shape index (κ3) is 1.90. The lowest BCUT2D eigenvalue weighted by atomic mass is 10.2. The lowest BCUT2D eigenvalue weighted by Gasteiger charge is -2.05.